The average molecular weight is 208 g/mol. The van der Waals surface area contributed by atoms with Crippen LogP contribution < -0.4 is 10.5 Å². The molecule has 1 unspecified atom stereocenters. The van der Waals surface area contributed by atoms with E-state index in [1.165, 1.54) is 0 Å². The number of pyridine rings is 1. The van der Waals surface area contributed by atoms with Crippen LogP contribution in [0.15, 0.2) is 18.3 Å². The molecule has 3 heteroatoms. The Morgan fingerprint density at radius 3 is 2.67 bits per heavy atom. The summed E-state index contributed by atoms with van der Waals surface area (Å²) in [6, 6.07) is 3.85. The zero-order valence-corrected chi connectivity index (χ0v) is 9.57. The molecule has 0 aromatic carbocycles. The van der Waals surface area contributed by atoms with E-state index < -0.39 is 0 Å². The van der Waals surface area contributed by atoms with E-state index in [1.807, 2.05) is 12.1 Å². The van der Waals surface area contributed by atoms with Crippen molar-refractivity contribution in [3.8, 4) is 5.75 Å². The van der Waals surface area contributed by atoms with E-state index in [-0.39, 0.29) is 0 Å². The van der Waals surface area contributed by atoms with Gasteiger partial charge in [0.15, 0.2) is 0 Å². The second kappa shape index (κ2) is 6.40. The van der Waals surface area contributed by atoms with Crippen molar-refractivity contribution in [1.82, 2.24) is 4.98 Å². The van der Waals surface area contributed by atoms with Gasteiger partial charge in [0.05, 0.1) is 18.0 Å². The van der Waals surface area contributed by atoms with Crippen molar-refractivity contribution in [2.45, 2.75) is 45.8 Å². The minimum atomic E-state index is 0.306. The lowest BCUT2D eigenvalue weighted by Gasteiger charge is -2.16. The molecule has 0 spiro atoms. The van der Waals surface area contributed by atoms with Gasteiger partial charge in [0.1, 0.15) is 5.75 Å². The van der Waals surface area contributed by atoms with E-state index >= 15 is 0 Å². The molecule has 0 saturated heterocycles. The monoisotopic (exact) mass is 208 g/mol. The predicted octanol–water partition coefficient (Wildman–Crippen LogP) is 2.50. The first kappa shape index (κ1) is 12.0. The smallest absolute Gasteiger partial charge is 0.138 e. The third kappa shape index (κ3) is 3.88. The fraction of sp³-hybridized carbons (Fsp3) is 0.583. The van der Waals surface area contributed by atoms with Crippen molar-refractivity contribution in [2.24, 2.45) is 5.73 Å². The van der Waals surface area contributed by atoms with Crippen LogP contribution in [0.25, 0.3) is 0 Å². The molecule has 2 N–H and O–H groups in total. The van der Waals surface area contributed by atoms with Gasteiger partial charge < -0.3 is 10.5 Å². The quantitative estimate of drug-likeness (QED) is 0.781. The van der Waals surface area contributed by atoms with Gasteiger partial charge in [0.2, 0.25) is 0 Å². The Bertz CT molecular complexity index is 271. The van der Waals surface area contributed by atoms with Crippen LogP contribution in [0.2, 0.25) is 0 Å². The highest BCUT2D eigenvalue weighted by molar-refractivity contribution is 5.20. The van der Waals surface area contributed by atoms with Crippen molar-refractivity contribution in [1.29, 1.82) is 0 Å². The van der Waals surface area contributed by atoms with Gasteiger partial charge in [-0.05, 0) is 25.0 Å². The molecule has 3 nitrogen and oxygen atoms in total. The Hall–Kier alpha value is -1.09. The van der Waals surface area contributed by atoms with E-state index in [4.69, 9.17) is 10.5 Å². The van der Waals surface area contributed by atoms with Crippen LogP contribution in [0.4, 0.5) is 0 Å². The van der Waals surface area contributed by atoms with E-state index in [0.29, 0.717) is 12.6 Å². The van der Waals surface area contributed by atoms with Gasteiger partial charge in [-0.25, -0.2) is 0 Å². The maximum Gasteiger partial charge on any atom is 0.138 e. The standard InChI is InChI=1S/C12H20N2O/c1-3-5-11(4-2)15-12-7-6-10(8-13)14-9-12/h6-7,9,11H,3-5,8,13H2,1-2H3. The van der Waals surface area contributed by atoms with E-state index in [2.05, 4.69) is 18.8 Å². The first-order chi connectivity index (χ1) is 7.30. The molecule has 0 aliphatic heterocycles. The van der Waals surface area contributed by atoms with Gasteiger partial charge in [-0.1, -0.05) is 20.3 Å². The van der Waals surface area contributed by atoms with Gasteiger partial charge in [0, 0.05) is 6.54 Å². The summed E-state index contributed by atoms with van der Waals surface area (Å²) >= 11 is 0. The van der Waals surface area contributed by atoms with E-state index in [9.17, 15) is 0 Å². The van der Waals surface area contributed by atoms with Crippen molar-refractivity contribution in [2.75, 3.05) is 0 Å². The highest BCUT2D eigenvalue weighted by atomic mass is 16.5. The van der Waals surface area contributed by atoms with Crippen LogP contribution in [-0.4, -0.2) is 11.1 Å². The summed E-state index contributed by atoms with van der Waals surface area (Å²) < 4.78 is 5.80. The molecular formula is C12H20N2O. The molecular weight excluding hydrogens is 188 g/mol. The topological polar surface area (TPSA) is 48.1 Å². The van der Waals surface area contributed by atoms with Gasteiger partial charge in [-0.3, -0.25) is 4.98 Å². The second-order valence-electron chi connectivity index (χ2n) is 3.63. The number of rotatable bonds is 6. The van der Waals surface area contributed by atoms with E-state index in [1.54, 1.807) is 6.20 Å². The Morgan fingerprint density at radius 2 is 2.20 bits per heavy atom. The van der Waals surface area contributed by atoms with Crippen LogP contribution in [0.5, 0.6) is 5.75 Å². The summed E-state index contributed by atoms with van der Waals surface area (Å²) in [5.74, 6) is 0.840. The van der Waals surface area contributed by atoms with Gasteiger partial charge in [0.25, 0.3) is 0 Å². The Kier molecular flexibility index (Phi) is 5.12. The maximum absolute atomic E-state index is 5.80. The summed E-state index contributed by atoms with van der Waals surface area (Å²) in [6.45, 7) is 4.79. The maximum atomic E-state index is 5.80. The van der Waals surface area contributed by atoms with E-state index in [0.717, 1.165) is 30.7 Å². The predicted molar refractivity (Wildman–Crippen MR) is 61.7 cm³/mol. The molecule has 0 aliphatic carbocycles. The molecule has 15 heavy (non-hydrogen) atoms. The molecule has 1 rings (SSSR count). The van der Waals surface area contributed by atoms with Crippen molar-refractivity contribution in [3.63, 3.8) is 0 Å². The molecule has 1 atom stereocenters. The summed E-state index contributed by atoms with van der Waals surface area (Å²) in [7, 11) is 0. The largest absolute Gasteiger partial charge is 0.489 e. The number of nitrogens with two attached hydrogens (primary N) is 1. The van der Waals surface area contributed by atoms with Crippen LogP contribution in [0, 0.1) is 0 Å². The molecule has 1 aromatic rings. The first-order valence-corrected chi connectivity index (χ1v) is 5.61. The third-order valence-electron chi connectivity index (χ3n) is 2.38. The fourth-order valence-corrected chi connectivity index (χ4v) is 1.46. The minimum Gasteiger partial charge on any atom is -0.489 e. The van der Waals surface area contributed by atoms with Gasteiger partial charge >= 0.3 is 0 Å². The molecule has 0 fully saturated rings. The number of hydrogen-bond donors (Lipinski definition) is 1. The SMILES string of the molecule is CCCC(CC)Oc1ccc(CN)nc1. The molecule has 0 aliphatic rings. The van der Waals surface area contributed by atoms with Crippen LogP contribution >= 0.6 is 0 Å². The summed E-state index contributed by atoms with van der Waals surface area (Å²) in [4.78, 5) is 4.19. The molecule has 0 amide bonds. The lowest BCUT2D eigenvalue weighted by Crippen LogP contribution is -2.15. The Balaban J connectivity index is 2.55. The lowest BCUT2D eigenvalue weighted by molar-refractivity contribution is 0.185. The molecule has 0 radical (unpaired) electrons. The normalized spacial score (nSPS) is 12.5. The second-order valence-corrected chi connectivity index (χ2v) is 3.63. The highest BCUT2D eigenvalue weighted by Gasteiger charge is 2.06. The van der Waals surface area contributed by atoms with Crippen LogP contribution in [0.3, 0.4) is 0 Å². The van der Waals surface area contributed by atoms with Crippen LogP contribution in [-0.2, 0) is 6.54 Å². The molecule has 0 saturated carbocycles. The molecule has 84 valence electrons. The fourth-order valence-electron chi connectivity index (χ4n) is 1.46. The molecule has 0 bridgehead atoms. The lowest BCUT2D eigenvalue weighted by atomic mass is 10.1. The Labute approximate surface area is 91.7 Å². The molecule has 1 aromatic heterocycles. The summed E-state index contributed by atoms with van der Waals surface area (Å²) in [6.07, 6.45) is 5.33. The number of ether oxygens (including phenoxy) is 1. The number of hydrogen-bond acceptors (Lipinski definition) is 3. The zero-order valence-electron chi connectivity index (χ0n) is 9.57. The summed E-state index contributed by atoms with van der Waals surface area (Å²) in [5, 5.41) is 0. The zero-order chi connectivity index (χ0) is 11.1. The minimum absolute atomic E-state index is 0.306. The first-order valence-electron chi connectivity index (χ1n) is 5.61. The van der Waals surface area contributed by atoms with Gasteiger partial charge in [-0.2, -0.15) is 0 Å². The van der Waals surface area contributed by atoms with Crippen molar-refractivity contribution >= 4 is 0 Å². The average Bonchev–Trinajstić information content (AvgIpc) is 2.29. The third-order valence-corrected chi connectivity index (χ3v) is 2.38. The van der Waals surface area contributed by atoms with Crippen LogP contribution in [0.1, 0.15) is 38.8 Å². The Morgan fingerprint density at radius 1 is 1.40 bits per heavy atom. The number of nitrogens with zero attached hydrogens (tertiary/aromatic N) is 1. The molecule has 1 heterocycles. The number of aromatic nitrogens is 1. The summed E-state index contributed by atoms with van der Waals surface area (Å²) in [5.41, 5.74) is 6.37. The highest BCUT2D eigenvalue weighted by Crippen LogP contribution is 2.15. The van der Waals surface area contributed by atoms with Crippen molar-refractivity contribution < 1.29 is 4.74 Å². The van der Waals surface area contributed by atoms with Gasteiger partial charge in [-0.15, -0.1) is 0 Å². The van der Waals surface area contributed by atoms with Crippen molar-refractivity contribution in [3.05, 3.63) is 24.0 Å².